The second-order valence-electron chi connectivity index (χ2n) is 3.42. The van der Waals surface area contributed by atoms with Crippen LogP contribution in [0, 0.1) is 5.92 Å². The van der Waals surface area contributed by atoms with Crippen molar-refractivity contribution in [1.29, 1.82) is 0 Å². The van der Waals surface area contributed by atoms with Crippen LogP contribution in [-0.2, 0) is 11.2 Å². The fourth-order valence-electron chi connectivity index (χ4n) is 1.01. The molecule has 0 bridgehead atoms. The van der Waals surface area contributed by atoms with Crippen LogP contribution < -0.4 is 0 Å². The summed E-state index contributed by atoms with van der Waals surface area (Å²) in [5, 5.41) is 0. The second-order valence-corrected chi connectivity index (χ2v) is 4.34. The molecule has 0 saturated heterocycles. The zero-order chi connectivity index (χ0) is 9.84. The van der Waals surface area contributed by atoms with Gasteiger partial charge in [0.1, 0.15) is 5.78 Å². The summed E-state index contributed by atoms with van der Waals surface area (Å²) in [5.41, 5.74) is 1.09. The standard InChI is InChI=1S/C11H13BrO/c1-8(2)11(13)7-9-3-5-10(12)6-4-9/h3-6,8H,7H2,1-2H3. The summed E-state index contributed by atoms with van der Waals surface area (Å²) in [5.74, 6) is 0.422. The van der Waals surface area contributed by atoms with Crippen molar-refractivity contribution in [2.24, 2.45) is 5.92 Å². The Balaban J connectivity index is 2.65. The molecule has 0 amide bonds. The van der Waals surface area contributed by atoms with E-state index >= 15 is 0 Å². The van der Waals surface area contributed by atoms with Gasteiger partial charge in [0, 0.05) is 16.8 Å². The molecule has 1 aromatic carbocycles. The summed E-state index contributed by atoms with van der Waals surface area (Å²) in [6.07, 6.45) is 0.547. The van der Waals surface area contributed by atoms with Gasteiger partial charge in [-0.2, -0.15) is 0 Å². The minimum atomic E-state index is 0.128. The third-order valence-electron chi connectivity index (χ3n) is 1.94. The lowest BCUT2D eigenvalue weighted by atomic mass is 10.0. The van der Waals surface area contributed by atoms with Crippen LogP contribution in [0.25, 0.3) is 0 Å². The maximum Gasteiger partial charge on any atom is 0.139 e. The first-order chi connectivity index (χ1) is 6.09. The molecular formula is C11H13BrO. The van der Waals surface area contributed by atoms with Crippen molar-refractivity contribution in [3.05, 3.63) is 34.3 Å². The van der Waals surface area contributed by atoms with Crippen molar-refractivity contribution in [3.8, 4) is 0 Å². The molecule has 0 aliphatic heterocycles. The molecule has 0 N–H and O–H groups in total. The lowest BCUT2D eigenvalue weighted by Gasteiger charge is -2.03. The van der Waals surface area contributed by atoms with Crippen molar-refractivity contribution in [2.75, 3.05) is 0 Å². The zero-order valence-electron chi connectivity index (χ0n) is 7.88. The van der Waals surface area contributed by atoms with Gasteiger partial charge in [0.25, 0.3) is 0 Å². The van der Waals surface area contributed by atoms with Gasteiger partial charge in [0.15, 0.2) is 0 Å². The predicted molar refractivity (Wildman–Crippen MR) is 57.7 cm³/mol. The number of ketones is 1. The van der Waals surface area contributed by atoms with Crippen molar-refractivity contribution < 1.29 is 4.79 Å². The van der Waals surface area contributed by atoms with Crippen LogP contribution in [0.3, 0.4) is 0 Å². The molecule has 0 heterocycles. The van der Waals surface area contributed by atoms with E-state index in [2.05, 4.69) is 15.9 Å². The molecule has 1 nitrogen and oxygen atoms in total. The number of halogens is 1. The first-order valence-corrected chi connectivity index (χ1v) is 5.16. The number of carbonyl (C=O) groups is 1. The van der Waals surface area contributed by atoms with Crippen LogP contribution in [0.5, 0.6) is 0 Å². The summed E-state index contributed by atoms with van der Waals surface area (Å²) in [4.78, 5) is 11.4. The Morgan fingerprint density at radius 1 is 1.31 bits per heavy atom. The number of rotatable bonds is 3. The number of Topliss-reactive ketones (excluding diaryl/α,β-unsaturated/α-hetero) is 1. The van der Waals surface area contributed by atoms with E-state index in [1.807, 2.05) is 38.1 Å². The van der Waals surface area contributed by atoms with E-state index in [-0.39, 0.29) is 5.92 Å². The Morgan fingerprint density at radius 2 is 1.85 bits per heavy atom. The van der Waals surface area contributed by atoms with Gasteiger partial charge in [-0.1, -0.05) is 41.9 Å². The Kier molecular flexibility index (Phi) is 3.67. The third-order valence-corrected chi connectivity index (χ3v) is 2.46. The maximum absolute atomic E-state index is 11.4. The molecule has 1 aromatic rings. The van der Waals surface area contributed by atoms with E-state index in [1.165, 1.54) is 0 Å². The van der Waals surface area contributed by atoms with Gasteiger partial charge >= 0.3 is 0 Å². The molecule has 0 fully saturated rings. The summed E-state index contributed by atoms with van der Waals surface area (Å²) in [6.45, 7) is 3.86. The highest BCUT2D eigenvalue weighted by atomic mass is 79.9. The van der Waals surface area contributed by atoms with Gasteiger partial charge in [-0.25, -0.2) is 0 Å². The van der Waals surface area contributed by atoms with Gasteiger partial charge in [-0.3, -0.25) is 4.79 Å². The van der Waals surface area contributed by atoms with Gasteiger partial charge in [-0.05, 0) is 17.7 Å². The summed E-state index contributed by atoms with van der Waals surface area (Å²) in [6, 6.07) is 7.88. The molecule has 0 aliphatic rings. The van der Waals surface area contributed by atoms with E-state index < -0.39 is 0 Å². The van der Waals surface area contributed by atoms with Gasteiger partial charge in [0.05, 0.1) is 0 Å². The fraction of sp³-hybridized carbons (Fsp3) is 0.364. The monoisotopic (exact) mass is 240 g/mol. The molecule has 0 aliphatic carbocycles. The van der Waals surface area contributed by atoms with Crippen LogP contribution in [0.4, 0.5) is 0 Å². The molecule has 2 heteroatoms. The molecule has 0 saturated carbocycles. The van der Waals surface area contributed by atoms with Crippen molar-refractivity contribution >= 4 is 21.7 Å². The zero-order valence-corrected chi connectivity index (χ0v) is 9.47. The molecule has 0 atom stereocenters. The van der Waals surface area contributed by atoms with Crippen LogP contribution in [-0.4, -0.2) is 5.78 Å². The fourth-order valence-corrected chi connectivity index (χ4v) is 1.27. The number of hydrogen-bond donors (Lipinski definition) is 0. The van der Waals surface area contributed by atoms with Crippen molar-refractivity contribution in [1.82, 2.24) is 0 Å². The highest BCUT2D eigenvalue weighted by Crippen LogP contribution is 2.12. The van der Waals surface area contributed by atoms with Crippen molar-refractivity contribution in [2.45, 2.75) is 20.3 Å². The van der Waals surface area contributed by atoms with Crippen LogP contribution in [0.15, 0.2) is 28.7 Å². The Hall–Kier alpha value is -0.630. The number of benzene rings is 1. The first-order valence-electron chi connectivity index (χ1n) is 4.36. The molecule has 0 aromatic heterocycles. The average molecular weight is 241 g/mol. The summed E-state index contributed by atoms with van der Waals surface area (Å²) < 4.78 is 1.05. The van der Waals surface area contributed by atoms with Crippen LogP contribution in [0.2, 0.25) is 0 Å². The van der Waals surface area contributed by atoms with E-state index in [4.69, 9.17) is 0 Å². The molecule has 1 rings (SSSR count). The molecule has 0 radical (unpaired) electrons. The largest absolute Gasteiger partial charge is 0.299 e. The Labute approximate surface area is 87.3 Å². The Morgan fingerprint density at radius 3 is 2.31 bits per heavy atom. The highest BCUT2D eigenvalue weighted by molar-refractivity contribution is 9.10. The van der Waals surface area contributed by atoms with Crippen LogP contribution in [0.1, 0.15) is 19.4 Å². The quantitative estimate of drug-likeness (QED) is 0.794. The maximum atomic E-state index is 11.4. The molecule has 0 spiro atoms. The van der Waals surface area contributed by atoms with E-state index in [0.717, 1.165) is 10.0 Å². The topological polar surface area (TPSA) is 17.1 Å². The second kappa shape index (κ2) is 4.56. The number of carbonyl (C=O) groups excluding carboxylic acids is 1. The van der Waals surface area contributed by atoms with Gasteiger partial charge in [0.2, 0.25) is 0 Å². The van der Waals surface area contributed by atoms with Crippen LogP contribution >= 0.6 is 15.9 Å². The van der Waals surface area contributed by atoms with Crippen molar-refractivity contribution in [3.63, 3.8) is 0 Å². The van der Waals surface area contributed by atoms with Gasteiger partial charge in [-0.15, -0.1) is 0 Å². The molecular weight excluding hydrogens is 228 g/mol. The minimum absolute atomic E-state index is 0.128. The smallest absolute Gasteiger partial charge is 0.139 e. The minimum Gasteiger partial charge on any atom is -0.299 e. The van der Waals surface area contributed by atoms with E-state index in [0.29, 0.717) is 12.2 Å². The van der Waals surface area contributed by atoms with E-state index in [9.17, 15) is 4.79 Å². The summed E-state index contributed by atoms with van der Waals surface area (Å²) in [7, 11) is 0. The SMILES string of the molecule is CC(C)C(=O)Cc1ccc(Br)cc1. The highest BCUT2D eigenvalue weighted by Gasteiger charge is 2.07. The normalized spacial score (nSPS) is 10.5. The molecule has 0 unspecified atom stereocenters. The summed E-state index contributed by atoms with van der Waals surface area (Å²) >= 11 is 3.36. The first kappa shape index (κ1) is 10.5. The lowest BCUT2D eigenvalue weighted by Crippen LogP contribution is -2.09. The third kappa shape index (κ3) is 3.31. The molecule has 70 valence electrons. The predicted octanol–water partition coefficient (Wildman–Crippen LogP) is 3.22. The van der Waals surface area contributed by atoms with E-state index in [1.54, 1.807) is 0 Å². The molecule has 13 heavy (non-hydrogen) atoms. The Bertz CT molecular complexity index is 287. The lowest BCUT2D eigenvalue weighted by molar-refractivity contribution is -0.121. The van der Waals surface area contributed by atoms with Gasteiger partial charge < -0.3 is 0 Å². The average Bonchev–Trinajstić information content (AvgIpc) is 2.08. The number of hydrogen-bond acceptors (Lipinski definition) is 1.